The first kappa shape index (κ1) is 9.14. The summed E-state index contributed by atoms with van der Waals surface area (Å²) in [7, 11) is 1.89. The first-order chi connectivity index (χ1) is 4.91. The lowest BCUT2D eigenvalue weighted by atomic mass is 9.63. The van der Waals surface area contributed by atoms with Crippen LogP contribution in [0.2, 0.25) is 0 Å². The molecule has 0 bridgehead atoms. The topological polar surface area (TPSA) is 18.5 Å². The molecule has 4 heteroatoms. The minimum absolute atomic E-state index is 0.0602. The third-order valence-corrected chi connectivity index (χ3v) is 2.83. The van der Waals surface area contributed by atoms with Gasteiger partial charge in [-0.15, -0.1) is 0 Å². The molecule has 1 saturated heterocycles. The van der Waals surface area contributed by atoms with Crippen LogP contribution in [-0.2, 0) is 9.31 Å². The van der Waals surface area contributed by atoms with Gasteiger partial charge in [0.05, 0.1) is 11.2 Å². The van der Waals surface area contributed by atoms with E-state index in [0.717, 1.165) is 6.42 Å². The lowest BCUT2D eigenvalue weighted by molar-refractivity contribution is -0.0118. The van der Waals surface area contributed by atoms with Gasteiger partial charge in [-0.1, -0.05) is 6.92 Å². The van der Waals surface area contributed by atoms with Gasteiger partial charge in [0.1, 0.15) is 0 Å². The predicted molar refractivity (Wildman–Crippen MR) is 49.2 cm³/mol. The van der Waals surface area contributed by atoms with Gasteiger partial charge in [-0.2, -0.15) is 0 Å². The summed E-state index contributed by atoms with van der Waals surface area (Å²) < 4.78 is 11.3. The monoisotopic (exact) mass is 154 g/mol. The van der Waals surface area contributed by atoms with E-state index < -0.39 is 0 Å². The lowest BCUT2D eigenvalue weighted by Gasteiger charge is -2.35. The minimum Gasteiger partial charge on any atom is -0.410 e. The van der Waals surface area contributed by atoms with E-state index >= 15 is 0 Å². The molecule has 1 aliphatic rings. The van der Waals surface area contributed by atoms with Crippen molar-refractivity contribution in [3.05, 3.63) is 0 Å². The van der Waals surface area contributed by atoms with Crippen LogP contribution in [0.4, 0.5) is 0 Å². The Hall–Kier alpha value is 0.0499. The molecule has 0 saturated carbocycles. The normalized spacial score (nSPS) is 36.2. The number of hydrogen-bond acceptors (Lipinski definition) is 2. The molecule has 0 aromatic heterocycles. The highest BCUT2D eigenvalue weighted by Gasteiger charge is 2.50. The highest BCUT2D eigenvalue weighted by molar-refractivity contribution is 6.95. The summed E-state index contributed by atoms with van der Waals surface area (Å²) >= 11 is 0. The molecule has 1 rings (SSSR count). The van der Waals surface area contributed by atoms with Crippen LogP contribution in [0, 0.1) is 0 Å². The summed E-state index contributed by atoms with van der Waals surface area (Å²) in [6.07, 6.45) is 0.990. The van der Waals surface area contributed by atoms with E-state index in [2.05, 4.69) is 27.7 Å². The van der Waals surface area contributed by atoms with Crippen molar-refractivity contribution in [1.29, 1.82) is 0 Å². The Bertz CT molecular complexity index is 161. The van der Waals surface area contributed by atoms with Gasteiger partial charge in [0.15, 0.2) is 7.74 Å². The molecule has 1 unspecified atom stereocenters. The molecule has 0 radical (unpaired) electrons. The minimum atomic E-state index is -0.152. The maximum Gasteiger partial charge on any atom is 0.398 e. The molecule has 0 aliphatic carbocycles. The average Bonchev–Trinajstić information content (AvgIpc) is 2.03. The van der Waals surface area contributed by atoms with Crippen LogP contribution < -0.4 is 0 Å². The van der Waals surface area contributed by atoms with Crippen LogP contribution in [0.15, 0.2) is 0 Å². The molecule has 11 heavy (non-hydrogen) atoms. The fourth-order valence-electron chi connectivity index (χ4n) is 1.58. The van der Waals surface area contributed by atoms with Crippen LogP contribution in [0.1, 0.15) is 34.1 Å². The standard InChI is InChI=1S/C7H16B2O2/c1-5-7(4)6(2,3)10-9(8)11-7/h5,8H2,1-4H3. The highest BCUT2D eigenvalue weighted by Crippen LogP contribution is 2.38. The quantitative estimate of drug-likeness (QED) is 0.514. The maximum absolute atomic E-state index is 5.69. The van der Waals surface area contributed by atoms with Crippen molar-refractivity contribution >= 4 is 14.7 Å². The second-order valence-electron chi connectivity index (χ2n) is 3.90. The summed E-state index contributed by atoms with van der Waals surface area (Å²) in [6, 6.07) is 0. The zero-order valence-corrected chi connectivity index (χ0v) is 8.10. The Morgan fingerprint density at radius 1 is 1.27 bits per heavy atom. The predicted octanol–water partition coefficient (Wildman–Crippen LogP) is 0.598. The summed E-state index contributed by atoms with van der Waals surface area (Å²) in [6.45, 7) is 8.40. The van der Waals surface area contributed by atoms with Gasteiger partial charge in [-0.05, 0) is 27.2 Å². The molecular weight excluding hydrogens is 138 g/mol. The Labute approximate surface area is 70.2 Å². The van der Waals surface area contributed by atoms with E-state index in [4.69, 9.17) is 9.31 Å². The van der Waals surface area contributed by atoms with Gasteiger partial charge in [0.25, 0.3) is 0 Å². The van der Waals surface area contributed by atoms with Crippen LogP contribution in [0.5, 0.6) is 0 Å². The molecule has 1 heterocycles. The van der Waals surface area contributed by atoms with E-state index in [1.165, 1.54) is 0 Å². The average molecular weight is 154 g/mol. The van der Waals surface area contributed by atoms with Crippen molar-refractivity contribution in [1.82, 2.24) is 0 Å². The highest BCUT2D eigenvalue weighted by atomic mass is 16.7. The molecular formula is C7H16B2O2. The smallest absolute Gasteiger partial charge is 0.398 e. The van der Waals surface area contributed by atoms with Gasteiger partial charge in [0, 0.05) is 0 Å². The van der Waals surface area contributed by atoms with Crippen molar-refractivity contribution in [3.63, 3.8) is 0 Å². The molecule has 1 aliphatic heterocycles. The molecule has 0 N–H and O–H groups in total. The molecule has 62 valence electrons. The third-order valence-electron chi connectivity index (χ3n) is 2.83. The van der Waals surface area contributed by atoms with Crippen LogP contribution in [-0.4, -0.2) is 25.9 Å². The van der Waals surface area contributed by atoms with Crippen molar-refractivity contribution in [3.8, 4) is 0 Å². The Balaban J connectivity index is 2.81. The first-order valence-corrected chi connectivity index (χ1v) is 4.27. The van der Waals surface area contributed by atoms with E-state index in [0.29, 0.717) is 0 Å². The Morgan fingerprint density at radius 2 is 1.82 bits per heavy atom. The molecule has 1 fully saturated rings. The van der Waals surface area contributed by atoms with Crippen molar-refractivity contribution in [2.45, 2.75) is 45.3 Å². The van der Waals surface area contributed by atoms with E-state index in [1.54, 1.807) is 0 Å². The lowest BCUT2D eigenvalue weighted by Crippen LogP contribution is -2.44. The molecule has 0 aromatic carbocycles. The second kappa shape index (κ2) is 2.53. The van der Waals surface area contributed by atoms with E-state index in [-0.39, 0.29) is 18.2 Å². The summed E-state index contributed by atoms with van der Waals surface area (Å²) in [5.41, 5.74) is -0.270. The summed E-state index contributed by atoms with van der Waals surface area (Å²) in [5, 5.41) is 0. The van der Waals surface area contributed by atoms with Gasteiger partial charge in [-0.25, -0.2) is 0 Å². The van der Waals surface area contributed by atoms with Crippen molar-refractivity contribution in [2.75, 3.05) is 0 Å². The fraction of sp³-hybridized carbons (Fsp3) is 1.00. The largest absolute Gasteiger partial charge is 0.410 e. The fourth-order valence-corrected chi connectivity index (χ4v) is 1.58. The maximum atomic E-state index is 5.69. The van der Waals surface area contributed by atoms with Gasteiger partial charge >= 0.3 is 7.01 Å². The molecule has 0 amide bonds. The van der Waals surface area contributed by atoms with E-state index in [9.17, 15) is 0 Å². The molecule has 0 aromatic rings. The van der Waals surface area contributed by atoms with Crippen LogP contribution in [0.3, 0.4) is 0 Å². The van der Waals surface area contributed by atoms with Crippen molar-refractivity contribution in [2.24, 2.45) is 0 Å². The number of rotatable bonds is 1. The molecule has 1 atom stereocenters. The van der Waals surface area contributed by atoms with Gasteiger partial charge < -0.3 is 9.31 Å². The Morgan fingerprint density at radius 3 is 2.00 bits per heavy atom. The third kappa shape index (κ3) is 1.34. The summed E-state index contributed by atoms with van der Waals surface area (Å²) in [4.78, 5) is 0. The van der Waals surface area contributed by atoms with Crippen LogP contribution in [0.25, 0.3) is 0 Å². The molecule has 2 nitrogen and oxygen atoms in total. The van der Waals surface area contributed by atoms with E-state index in [1.807, 2.05) is 7.74 Å². The SMILES string of the molecule is BB1OC(C)(C)C(C)(CC)O1. The number of hydrogen-bond donors (Lipinski definition) is 0. The Kier molecular flexibility index (Phi) is 2.10. The molecule has 0 spiro atoms. The second-order valence-corrected chi connectivity index (χ2v) is 3.90. The zero-order chi connectivity index (χ0) is 8.70. The summed E-state index contributed by atoms with van der Waals surface area (Å²) in [5.74, 6) is 0. The van der Waals surface area contributed by atoms with Gasteiger partial charge in [-0.3, -0.25) is 0 Å². The van der Waals surface area contributed by atoms with Gasteiger partial charge in [0.2, 0.25) is 0 Å². The zero-order valence-electron chi connectivity index (χ0n) is 8.10. The first-order valence-electron chi connectivity index (χ1n) is 4.27. The van der Waals surface area contributed by atoms with Crippen molar-refractivity contribution < 1.29 is 9.31 Å². The van der Waals surface area contributed by atoms with Crippen LogP contribution >= 0.6 is 0 Å².